The molecule has 0 saturated heterocycles. The molecule has 0 unspecified atom stereocenters. The van der Waals surface area contributed by atoms with Crippen molar-refractivity contribution in [1.29, 1.82) is 0 Å². The molecule has 0 amide bonds. The molecule has 0 bridgehead atoms. The minimum Gasteiger partial charge on any atom is -0.213 e. The van der Waals surface area contributed by atoms with Crippen molar-refractivity contribution in [3.8, 4) is 0 Å². The molecule has 0 spiro atoms. The Balaban J connectivity index is 0.000000523. The zero-order chi connectivity index (χ0) is 20.5. The van der Waals surface area contributed by atoms with E-state index in [1.165, 1.54) is 76.0 Å². The van der Waals surface area contributed by atoms with Crippen LogP contribution in [0.2, 0.25) is 0 Å². The topological polar surface area (TPSA) is 0 Å². The van der Waals surface area contributed by atoms with Crippen LogP contribution in [0.25, 0.3) is 0 Å². The minimum absolute atomic E-state index is 0. The van der Waals surface area contributed by atoms with Gasteiger partial charge in [-0.25, -0.2) is 24.3 Å². The Morgan fingerprint density at radius 1 is 0.586 bits per heavy atom. The first-order valence-corrected chi connectivity index (χ1v) is 15.1. The van der Waals surface area contributed by atoms with Gasteiger partial charge < -0.3 is 0 Å². The first-order chi connectivity index (χ1) is 13.8. The molecule has 0 nitrogen and oxygen atoms in total. The molecule has 0 radical (unpaired) electrons. The van der Waals surface area contributed by atoms with E-state index in [4.69, 9.17) is 0 Å². The van der Waals surface area contributed by atoms with Crippen LogP contribution in [-0.4, -0.2) is 24.6 Å². The number of rotatable bonds is 14. The second-order valence-corrected chi connectivity index (χ2v) is 12.7. The monoisotopic (exact) mass is 466 g/mol. The van der Waals surface area contributed by atoms with Crippen molar-refractivity contribution in [3.63, 3.8) is 0 Å². The van der Waals surface area contributed by atoms with Crippen LogP contribution in [0.5, 0.6) is 0 Å². The molecule has 0 saturated carbocycles. The molecule has 29 heavy (non-hydrogen) atoms. The van der Waals surface area contributed by atoms with Gasteiger partial charge in [0.15, 0.2) is 0 Å². The molecule has 0 aliphatic heterocycles. The fourth-order valence-electron chi connectivity index (χ4n) is 3.29. The average Bonchev–Trinajstić information content (AvgIpc) is 3.43. The first kappa shape index (κ1) is 29.3. The molecule has 2 aromatic rings. The normalized spacial score (nSPS) is 10.7. The summed E-state index contributed by atoms with van der Waals surface area (Å²) in [7, 11) is 0.339. The molecule has 0 aromatic heterocycles. The fraction of sp³-hybridized carbons (Fsp3) is 0.615. The van der Waals surface area contributed by atoms with E-state index in [1.807, 2.05) is 0 Å². The molecule has 0 fully saturated rings. The Bertz CT molecular complexity index is 467. The fourth-order valence-corrected chi connectivity index (χ4v) is 8.74. The molecule has 2 aromatic carbocycles. The van der Waals surface area contributed by atoms with Gasteiger partial charge in [0.05, 0.1) is 0 Å². The summed E-state index contributed by atoms with van der Waals surface area (Å²) in [5.74, 6) is 0. The van der Waals surface area contributed by atoms with Crippen molar-refractivity contribution >= 4 is 26.5 Å². The summed E-state index contributed by atoms with van der Waals surface area (Å²) in [4.78, 5) is 0. The average molecular weight is 466 g/mol. The zero-order valence-electron chi connectivity index (χ0n) is 19.5. The van der Waals surface area contributed by atoms with E-state index >= 15 is 0 Å². The van der Waals surface area contributed by atoms with Crippen LogP contribution < -0.4 is 10.6 Å². The Morgan fingerprint density at radius 2 is 0.897 bits per heavy atom. The minimum atomic E-state index is 0. The molecule has 0 atom stereocenters. The number of unbranched alkanes of at least 4 members (excludes halogenated alkanes) is 4. The van der Waals surface area contributed by atoms with Gasteiger partial charge in [0.1, 0.15) is 0 Å². The standard InChI is InChI=1S/2C13H22P.Ti/c2*1-3-5-11-14(12-6-4-2)13-9-7-8-10-13;/h2*7-10H,3-6,11-12H2,1-2H3;/q2*-1;+2. The molecule has 3 heteroatoms. The summed E-state index contributed by atoms with van der Waals surface area (Å²) >= 11 is 0. The smallest absolute Gasteiger partial charge is 0.213 e. The van der Waals surface area contributed by atoms with Gasteiger partial charge >= 0.3 is 21.7 Å². The zero-order valence-corrected chi connectivity index (χ0v) is 22.8. The Morgan fingerprint density at radius 3 is 1.10 bits per heavy atom. The Labute approximate surface area is 199 Å². The van der Waals surface area contributed by atoms with Crippen molar-refractivity contribution < 1.29 is 21.7 Å². The Kier molecular flexibility index (Phi) is 20.4. The van der Waals surface area contributed by atoms with Crippen LogP contribution in [0.15, 0.2) is 48.5 Å². The van der Waals surface area contributed by atoms with Gasteiger partial charge in [-0.1, -0.05) is 53.4 Å². The second-order valence-electron chi connectivity index (χ2n) is 7.67. The van der Waals surface area contributed by atoms with Crippen molar-refractivity contribution in [2.24, 2.45) is 0 Å². The van der Waals surface area contributed by atoms with E-state index in [0.29, 0.717) is 0 Å². The van der Waals surface area contributed by atoms with Gasteiger partial charge in [0, 0.05) is 0 Å². The van der Waals surface area contributed by atoms with Crippen molar-refractivity contribution in [1.82, 2.24) is 0 Å². The summed E-state index contributed by atoms with van der Waals surface area (Å²) in [6.07, 6.45) is 16.7. The van der Waals surface area contributed by atoms with E-state index in [2.05, 4.69) is 76.2 Å². The third-order valence-electron chi connectivity index (χ3n) is 5.15. The maximum atomic E-state index is 2.32. The van der Waals surface area contributed by atoms with Gasteiger partial charge in [0.2, 0.25) is 0 Å². The van der Waals surface area contributed by atoms with Crippen LogP contribution in [0, 0.1) is 0 Å². The van der Waals surface area contributed by atoms with Crippen LogP contribution >= 0.6 is 15.8 Å². The maximum absolute atomic E-state index is 2.32. The van der Waals surface area contributed by atoms with Gasteiger partial charge in [-0.15, -0.1) is 26.5 Å². The SMILES string of the molecule is CCCCP(CCCC)c1ccc[cH-]1.CCCCP(CCCC)c1ccc[cH-]1.[Ti+2]. The van der Waals surface area contributed by atoms with Crippen LogP contribution in [0.4, 0.5) is 0 Å². The maximum Gasteiger partial charge on any atom is 2.00 e. The van der Waals surface area contributed by atoms with E-state index in [-0.39, 0.29) is 37.6 Å². The van der Waals surface area contributed by atoms with Crippen molar-refractivity contribution in [2.45, 2.75) is 79.1 Å². The molecule has 2 rings (SSSR count). The molecule has 162 valence electrons. The summed E-state index contributed by atoms with van der Waals surface area (Å²) in [6, 6.07) is 18.0. The second kappa shape index (κ2) is 20.2. The first-order valence-electron chi connectivity index (χ1n) is 11.7. The number of hydrogen-bond acceptors (Lipinski definition) is 0. The van der Waals surface area contributed by atoms with E-state index in [9.17, 15) is 0 Å². The van der Waals surface area contributed by atoms with Crippen molar-refractivity contribution in [3.05, 3.63) is 48.5 Å². The van der Waals surface area contributed by atoms with Gasteiger partial charge in [0.25, 0.3) is 0 Å². The summed E-state index contributed by atoms with van der Waals surface area (Å²) < 4.78 is 0. The predicted octanol–water partition coefficient (Wildman–Crippen LogP) is 8.22. The van der Waals surface area contributed by atoms with Crippen LogP contribution in [0.3, 0.4) is 0 Å². The molecular formula is C26H44P2Ti. The van der Waals surface area contributed by atoms with E-state index < -0.39 is 0 Å². The molecule has 0 N–H and O–H groups in total. The van der Waals surface area contributed by atoms with E-state index in [0.717, 1.165) is 0 Å². The molecule has 0 heterocycles. The largest absolute Gasteiger partial charge is 2.00 e. The predicted molar refractivity (Wildman–Crippen MR) is 136 cm³/mol. The van der Waals surface area contributed by atoms with Gasteiger partial charge in [-0.3, -0.25) is 0 Å². The van der Waals surface area contributed by atoms with E-state index in [1.54, 1.807) is 10.6 Å². The quantitative estimate of drug-likeness (QED) is 0.149. The molecular weight excluding hydrogens is 422 g/mol. The molecule has 0 aliphatic carbocycles. The summed E-state index contributed by atoms with van der Waals surface area (Å²) in [5.41, 5.74) is 0. The Hall–Kier alpha value is 0.274. The molecule has 0 aliphatic rings. The summed E-state index contributed by atoms with van der Waals surface area (Å²) in [6.45, 7) is 9.16. The van der Waals surface area contributed by atoms with Crippen LogP contribution in [-0.2, 0) is 21.7 Å². The van der Waals surface area contributed by atoms with Gasteiger partial charge in [-0.2, -0.15) is 24.3 Å². The third-order valence-corrected chi connectivity index (χ3v) is 10.6. The number of hydrogen-bond donors (Lipinski definition) is 0. The van der Waals surface area contributed by atoms with Crippen molar-refractivity contribution in [2.75, 3.05) is 24.6 Å². The summed E-state index contributed by atoms with van der Waals surface area (Å²) in [5, 5.41) is 3.25. The third kappa shape index (κ3) is 13.3. The van der Waals surface area contributed by atoms with Gasteiger partial charge in [-0.05, 0) is 50.3 Å². The van der Waals surface area contributed by atoms with Crippen LogP contribution in [0.1, 0.15) is 79.1 Å².